The third-order valence-electron chi connectivity index (χ3n) is 6.82. The van der Waals surface area contributed by atoms with Gasteiger partial charge in [0.1, 0.15) is 6.04 Å². The number of anilines is 1. The zero-order valence-corrected chi connectivity index (χ0v) is 15.3. The molecule has 0 aromatic heterocycles. The van der Waals surface area contributed by atoms with Crippen molar-refractivity contribution in [3.63, 3.8) is 0 Å². The van der Waals surface area contributed by atoms with E-state index in [-0.39, 0.29) is 17.4 Å². The molecular weight excluding hydrogens is 324 g/mol. The van der Waals surface area contributed by atoms with Crippen LogP contribution in [-0.4, -0.2) is 36.0 Å². The van der Waals surface area contributed by atoms with Gasteiger partial charge in [0, 0.05) is 18.3 Å². The molecule has 3 N–H and O–H groups in total. The van der Waals surface area contributed by atoms with Crippen LogP contribution in [0.4, 0.5) is 5.69 Å². The molecule has 5 nitrogen and oxygen atoms in total. The average molecular weight is 352 g/mol. The largest absolute Gasteiger partial charge is 0.399 e. The highest BCUT2D eigenvalue weighted by Crippen LogP contribution is 2.52. The molecule has 0 spiro atoms. The van der Waals surface area contributed by atoms with Crippen molar-refractivity contribution in [2.75, 3.05) is 18.8 Å². The number of carbonyl (C=O) groups is 1. The molecule has 1 aliphatic heterocycles. The van der Waals surface area contributed by atoms with Crippen LogP contribution in [-0.2, 0) is 10.2 Å². The molecule has 3 unspecified atom stereocenters. The molecule has 1 saturated heterocycles. The van der Waals surface area contributed by atoms with E-state index in [1.54, 1.807) is 4.90 Å². The van der Waals surface area contributed by atoms with Gasteiger partial charge in [0.15, 0.2) is 0 Å². The molecule has 1 heterocycles. The number of nitriles is 1. The summed E-state index contributed by atoms with van der Waals surface area (Å²) in [7, 11) is 0. The summed E-state index contributed by atoms with van der Waals surface area (Å²) in [6.45, 7) is 1.08. The standard InChI is InChI=1S/C21H28N4O/c22-13-18-4-2-10-25(18)20(26)14-24-19-12-21(9-1-3-15(19)11-21)16-5-7-17(23)8-6-16/h5-8,15,18-19,24H,1-4,9-12,14,23H2/t15?,18-,19?,21?/m0/s1. The molecule has 4 atom stereocenters. The van der Waals surface area contributed by atoms with Gasteiger partial charge in [-0.1, -0.05) is 18.6 Å². The van der Waals surface area contributed by atoms with Gasteiger partial charge in [-0.2, -0.15) is 5.26 Å². The van der Waals surface area contributed by atoms with Crippen LogP contribution in [0.1, 0.15) is 50.5 Å². The number of hydrogen-bond donors (Lipinski definition) is 2. The number of rotatable bonds is 4. The summed E-state index contributed by atoms with van der Waals surface area (Å²) in [5, 5.41) is 12.7. The third-order valence-corrected chi connectivity index (χ3v) is 6.82. The van der Waals surface area contributed by atoms with Crippen LogP contribution < -0.4 is 11.1 Å². The van der Waals surface area contributed by atoms with E-state index in [9.17, 15) is 10.1 Å². The van der Waals surface area contributed by atoms with E-state index in [0.717, 1.165) is 31.5 Å². The quantitative estimate of drug-likeness (QED) is 0.816. The van der Waals surface area contributed by atoms with Crippen LogP contribution in [0, 0.1) is 17.2 Å². The number of fused-ring (bicyclic) bond motifs is 2. The topological polar surface area (TPSA) is 82.2 Å². The Morgan fingerprint density at radius 1 is 1.27 bits per heavy atom. The first-order valence-electron chi connectivity index (χ1n) is 9.90. The van der Waals surface area contributed by atoms with E-state index < -0.39 is 0 Å². The number of nitrogens with two attached hydrogens (primary N) is 1. The summed E-state index contributed by atoms with van der Waals surface area (Å²) < 4.78 is 0. The number of nitrogen functional groups attached to an aromatic ring is 1. The smallest absolute Gasteiger partial charge is 0.237 e. The second-order valence-corrected chi connectivity index (χ2v) is 8.32. The molecule has 26 heavy (non-hydrogen) atoms. The second kappa shape index (κ2) is 6.92. The van der Waals surface area contributed by atoms with E-state index in [1.165, 1.54) is 31.2 Å². The Balaban J connectivity index is 1.41. The molecule has 1 aromatic rings. The summed E-state index contributed by atoms with van der Waals surface area (Å²) in [6.07, 6.45) is 7.77. The molecule has 1 aromatic carbocycles. The van der Waals surface area contributed by atoms with Crippen LogP contribution in [0.25, 0.3) is 0 Å². The van der Waals surface area contributed by atoms with Crippen molar-refractivity contribution in [2.45, 2.75) is 62.4 Å². The second-order valence-electron chi connectivity index (χ2n) is 8.32. The SMILES string of the molecule is N#C[C@@H]1CCCN1C(=O)CNC1CC2(c3ccc(N)cc3)CCCC1C2. The first kappa shape index (κ1) is 17.4. The number of carbonyl (C=O) groups excluding carboxylic acids is 1. The number of likely N-dealkylation sites (tertiary alicyclic amines) is 1. The normalized spacial score (nSPS) is 33.2. The summed E-state index contributed by atoms with van der Waals surface area (Å²) in [4.78, 5) is 14.3. The van der Waals surface area contributed by atoms with Crippen LogP contribution in [0.15, 0.2) is 24.3 Å². The van der Waals surface area contributed by atoms with Gasteiger partial charge in [-0.15, -0.1) is 0 Å². The van der Waals surface area contributed by atoms with Crippen LogP contribution in [0.5, 0.6) is 0 Å². The number of nitrogens with one attached hydrogen (secondary N) is 1. The van der Waals surface area contributed by atoms with Crippen molar-refractivity contribution in [2.24, 2.45) is 5.92 Å². The van der Waals surface area contributed by atoms with E-state index in [1.807, 2.05) is 12.1 Å². The minimum Gasteiger partial charge on any atom is -0.399 e. The van der Waals surface area contributed by atoms with Crippen molar-refractivity contribution in [1.29, 1.82) is 5.26 Å². The average Bonchev–Trinajstić information content (AvgIpc) is 3.23. The third kappa shape index (κ3) is 3.07. The Hall–Kier alpha value is -2.06. The van der Waals surface area contributed by atoms with Gasteiger partial charge >= 0.3 is 0 Å². The lowest BCUT2D eigenvalue weighted by molar-refractivity contribution is -0.130. The molecule has 3 aliphatic rings. The molecule has 1 amide bonds. The zero-order chi connectivity index (χ0) is 18.1. The maximum atomic E-state index is 12.5. The Bertz CT molecular complexity index is 710. The van der Waals surface area contributed by atoms with Crippen molar-refractivity contribution in [1.82, 2.24) is 10.2 Å². The highest BCUT2D eigenvalue weighted by atomic mass is 16.2. The Morgan fingerprint density at radius 2 is 2.08 bits per heavy atom. The maximum absolute atomic E-state index is 12.5. The highest BCUT2D eigenvalue weighted by Gasteiger charge is 2.48. The van der Waals surface area contributed by atoms with Crippen molar-refractivity contribution < 1.29 is 4.79 Å². The van der Waals surface area contributed by atoms with Gasteiger partial charge in [-0.3, -0.25) is 4.79 Å². The Kier molecular flexibility index (Phi) is 4.62. The number of nitrogens with zero attached hydrogens (tertiary/aromatic N) is 2. The van der Waals surface area contributed by atoms with Crippen molar-refractivity contribution >= 4 is 11.6 Å². The number of amides is 1. The first-order valence-corrected chi connectivity index (χ1v) is 9.90. The predicted octanol–water partition coefficient (Wildman–Crippen LogP) is 2.57. The van der Waals surface area contributed by atoms with Crippen molar-refractivity contribution in [3.05, 3.63) is 29.8 Å². The molecule has 3 fully saturated rings. The predicted molar refractivity (Wildman–Crippen MR) is 101 cm³/mol. The molecule has 2 aliphatic carbocycles. The molecule has 2 bridgehead atoms. The molecular formula is C21H28N4O. The lowest BCUT2D eigenvalue weighted by Crippen LogP contribution is -2.44. The zero-order valence-electron chi connectivity index (χ0n) is 15.3. The van der Waals surface area contributed by atoms with Crippen LogP contribution >= 0.6 is 0 Å². The van der Waals surface area contributed by atoms with E-state index in [0.29, 0.717) is 18.5 Å². The van der Waals surface area contributed by atoms with Gasteiger partial charge in [0.05, 0.1) is 12.6 Å². The lowest BCUT2D eigenvalue weighted by atomic mass is 9.71. The molecule has 0 radical (unpaired) electrons. The van der Waals surface area contributed by atoms with E-state index >= 15 is 0 Å². The molecule has 5 heteroatoms. The number of benzene rings is 1. The monoisotopic (exact) mass is 352 g/mol. The minimum atomic E-state index is -0.228. The molecule has 138 valence electrons. The van der Waals surface area contributed by atoms with Gasteiger partial charge in [0.2, 0.25) is 5.91 Å². The van der Waals surface area contributed by atoms with Crippen LogP contribution in [0.2, 0.25) is 0 Å². The van der Waals surface area contributed by atoms with E-state index in [2.05, 4.69) is 23.5 Å². The van der Waals surface area contributed by atoms with Gasteiger partial charge in [-0.25, -0.2) is 0 Å². The molecule has 4 rings (SSSR count). The van der Waals surface area contributed by atoms with Gasteiger partial charge in [-0.05, 0) is 67.6 Å². The lowest BCUT2D eigenvalue weighted by Gasteiger charge is -2.33. The molecule has 2 saturated carbocycles. The number of hydrogen-bond acceptors (Lipinski definition) is 4. The fraction of sp³-hybridized carbons (Fsp3) is 0.619. The maximum Gasteiger partial charge on any atom is 0.237 e. The Morgan fingerprint density at radius 3 is 2.85 bits per heavy atom. The fourth-order valence-electron chi connectivity index (χ4n) is 5.50. The van der Waals surface area contributed by atoms with Crippen LogP contribution in [0.3, 0.4) is 0 Å². The summed E-state index contributed by atoms with van der Waals surface area (Å²) in [5.74, 6) is 0.719. The van der Waals surface area contributed by atoms with Crippen molar-refractivity contribution in [3.8, 4) is 6.07 Å². The first-order chi connectivity index (χ1) is 12.6. The summed E-state index contributed by atoms with van der Waals surface area (Å²) in [6, 6.07) is 10.8. The minimum absolute atomic E-state index is 0.0806. The Labute approximate surface area is 155 Å². The highest BCUT2D eigenvalue weighted by molar-refractivity contribution is 5.79. The fourth-order valence-corrected chi connectivity index (χ4v) is 5.50. The van der Waals surface area contributed by atoms with Gasteiger partial charge in [0.25, 0.3) is 0 Å². The van der Waals surface area contributed by atoms with Gasteiger partial charge < -0.3 is 16.0 Å². The summed E-state index contributed by atoms with van der Waals surface area (Å²) >= 11 is 0. The summed E-state index contributed by atoms with van der Waals surface area (Å²) in [5.41, 5.74) is 8.31. The van der Waals surface area contributed by atoms with E-state index in [4.69, 9.17) is 5.73 Å².